The summed E-state index contributed by atoms with van der Waals surface area (Å²) < 4.78 is 5.05. The van der Waals surface area contributed by atoms with Gasteiger partial charge in [-0.05, 0) is 48.5 Å². The van der Waals surface area contributed by atoms with Crippen molar-refractivity contribution in [2.75, 3.05) is 23.1 Å². The molecule has 0 bridgehead atoms. The summed E-state index contributed by atoms with van der Waals surface area (Å²) in [6.07, 6.45) is -0.204. The average molecular weight is 324 g/mol. The quantitative estimate of drug-likeness (QED) is 0.785. The topological polar surface area (TPSA) is 103 Å². The van der Waals surface area contributed by atoms with Gasteiger partial charge in [-0.3, -0.25) is 4.79 Å². The zero-order valence-electron chi connectivity index (χ0n) is 13.0. The lowest BCUT2D eigenvalue weighted by molar-refractivity contribution is -0.115. The summed E-state index contributed by atoms with van der Waals surface area (Å²) in [5.41, 5.74) is 1.75. The van der Waals surface area contributed by atoms with Crippen molar-refractivity contribution in [3.05, 3.63) is 48.5 Å². The number of hydrogen-bond acceptors (Lipinski definition) is 4. The first-order chi connectivity index (χ1) is 11.6. The van der Waals surface area contributed by atoms with Gasteiger partial charge in [0.2, 0.25) is 5.91 Å². The summed E-state index contributed by atoms with van der Waals surface area (Å²) in [4.78, 5) is 23.2. The normalized spacial score (nSPS) is 9.50. The van der Waals surface area contributed by atoms with Crippen LogP contribution in [0.3, 0.4) is 0 Å². The van der Waals surface area contributed by atoms with E-state index in [0.717, 1.165) is 0 Å². The molecule has 0 spiro atoms. The van der Waals surface area contributed by atoms with Gasteiger partial charge in [0.05, 0.1) is 13.2 Å². The van der Waals surface area contributed by atoms with Crippen LogP contribution in [0.25, 0.3) is 0 Å². The number of nitriles is 1. The Morgan fingerprint density at radius 3 is 1.83 bits per heavy atom. The molecule has 0 aliphatic heterocycles. The van der Waals surface area contributed by atoms with Crippen LogP contribution in [0.1, 0.15) is 6.42 Å². The number of methoxy groups -OCH3 is 1. The maximum absolute atomic E-state index is 11.9. The molecule has 0 aromatic heterocycles. The van der Waals surface area contributed by atoms with E-state index in [9.17, 15) is 9.59 Å². The number of hydrogen-bond donors (Lipinski definition) is 3. The van der Waals surface area contributed by atoms with Gasteiger partial charge < -0.3 is 20.7 Å². The predicted molar refractivity (Wildman–Crippen MR) is 90.9 cm³/mol. The molecule has 7 nitrogen and oxygen atoms in total. The lowest BCUT2D eigenvalue weighted by atomic mass is 10.2. The highest BCUT2D eigenvalue weighted by Crippen LogP contribution is 2.17. The van der Waals surface area contributed by atoms with Crippen molar-refractivity contribution in [3.63, 3.8) is 0 Å². The Bertz CT molecular complexity index is 749. The van der Waals surface area contributed by atoms with E-state index in [-0.39, 0.29) is 18.4 Å². The second-order valence-corrected chi connectivity index (χ2v) is 4.77. The maximum Gasteiger partial charge on any atom is 0.323 e. The Kier molecular flexibility index (Phi) is 5.75. The molecule has 0 unspecified atom stereocenters. The minimum atomic E-state index is -0.388. The van der Waals surface area contributed by atoms with Crippen LogP contribution in [0.2, 0.25) is 0 Å². The monoisotopic (exact) mass is 324 g/mol. The van der Waals surface area contributed by atoms with E-state index in [2.05, 4.69) is 16.0 Å². The van der Waals surface area contributed by atoms with Crippen LogP contribution in [0.5, 0.6) is 5.75 Å². The minimum absolute atomic E-state index is 0.204. The van der Waals surface area contributed by atoms with Gasteiger partial charge in [-0.15, -0.1) is 0 Å². The molecule has 0 aliphatic carbocycles. The summed E-state index contributed by atoms with van der Waals surface area (Å²) in [5.74, 6) is 0.324. The highest BCUT2D eigenvalue weighted by atomic mass is 16.5. The summed E-state index contributed by atoms with van der Waals surface area (Å²) in [7, 11) is 1.57. The van der Waals surface area contributed by atoms with Crippen LogP contribution >= 0.6 is 0 Å². The maximum atomic E-state index is 11.9. The Balaban J connectivity index is 1.89. The number of nitrogens with one attached hydrogen (secondary N) is 3. The molecule has 0 saturated heterocycles. The first-order valence-corrected chi connectivity index (χ1v) is 7.09. The number of amides is 3. The Morgan fingerprint density at radius 1 is 0.917 bits per heavy atom. The van der Waals surface area contributed by atoms with E-state index in [1.807, 2.05) is 0 Å². The third-order valence-corrected chi connectivity index (χ3v) is 3.01. The lowest BCUT2D eigenvalue weighted by Crippen LogP contribution is -2.19. The number of urea groups is 1. The van der Waals surface area contributed by atoms with Crippen molar-refractivity contribution in [1.82, 2.24) is 0 Å². The number of rotatable bonds is 5. The van der Waals surface area contributed by atoms with Crippen LogP contribution in [0.4, 0.5) is 21.9 Å². The first kappa shape index (κ1) is 16.8. The summed E-state index contributed by atoms with van der Waals surface area (Å²) >= 11 is 0. The largest absolute Gasteiger partial charge is 0.497 e. The van der Waals surface area contributed by atoms with E-state index < -0.39 is 0 Å². The van der Waals surface area contributed by atoms with Crippen LogP contribution in [-0.2, 0) is 4.79 Å². The molecular weight excluding hydrogens is 308 g/mol. The molecule has 2 aromatic rings. The molecule has 0 saturated carbocycles. The van der Waals surface area contributed by atoms with Crippen molar-refractivity contribution < 1.29 is 14.3 Å². The van der Waals surface area contributed by atoms with Crippen molar-refractivity contribution >= 4 is 29.0 Å². The minimum Gasteiger partial charge on any atom is -0.497 e. The smallest absolute Gasteiger partial charge is 0.323 e. The molecule has 7 heteroatoms. The molecule has 122 valence electrons. The van der Waals surface area contributed by atoms with Crippen molar-refractivity contribution in [1.29, 1.82) is 5.26 Å². The van der Waals surface area contributed by atoms with E-state index in [1.54, 1.807) is 61.7 Å². The highest BCUT2D eigenvalue weighted by molar-refractivity contribution is 6.00. The van der Waals surface area contributed by atoms with Gasteiger partial charge in [-0.2, -0.15) is 5.26 Å². The highest BCUT2D eigenvalue weighted by Gasteiger charge is 2.04. The van der Waals surface area contributed by atoms with Gasteiger partial charge >= 0.3 is 6.03 Å². The molecule has 0 aliphatic rings. The molecule has 24 heavy (non-hydrogen) atoms. The van der Waals surface area contributed by atoms with Crippen LogP contribution in [0, 0.1) is 11.3 Å². The van der Waals surface area contributed by atoms with Crippen LogP contribution in [-0.4, -0.2) is 19.0 Å². The number of carbonyl (C=O) groups excluding carboxylic acids is 2. The zero-order chi connectivity index (χ0) is 17.4. The van der Waals surface area contributed by atoms with Crippen LogP contribution in [0.15, 0.2) is 48.5 Å². The molecule has 0 fully saturated rings. The second-order valence-electron chi connectivity index (χ2n) is 4.77. The standard InChI is InChI=1S/C17H16N4O3/c1-24-15-8-6-14(7-9-15)21-17(23)20-13-4-2-12(3-5-13)19-16(22)10-11-18/h2-9H,10H2,1H3,(H,19,22)(H2,20,21,23). The summed E-state index contributed by atoms with van der Waals surface area (Å²) in [6.45, 7) is 0. The lowest BCUT2D eigenvalue weighted by Gasteiger charge is -2.09. The third-order valence-electron chi connectivity index (χ3n) is 3.01. The van der Waals surface area contributed by atoms with Gasteiger partial charge in [0.15, 0.2) is 0 Å². The number of benzene rings is 2. The SMILES string of the molecule is COc1ccc(NC(=O)Nc2ccc(NC(=O)CC#N)cc2)cc1. The third kappa shape index (κ3) is 5.03. The average Bonchev–Trinajstić information content (AvgIpc) is 2.57. The number of nitrogens with zero attached hydrogens (tertiary/aromatic N) is 1. The molecule has 0 atom stereocenters. The number of ether oxygens (including phenoxy) is 1. The molecule has 0 radical (unpaired) electrons. The van der Waals surface area contributed by atoms with Gasteiger partial charge in [0, 0.05) is 17.1 Å². The predicted octanol–water partition coefficient (Wildman–Crippen LogP) is 3.19. The zero-order valence-corrected chi connectivity index (χ0v) is 13.0. The van der Waals surface area contributed by atoms with Crippen LogP contribution < -0.4 is 20.7 Å². The fourth-order valence-corrected chi connectivity index (χ4v) is 1.88. The Hall–Kier alpha value is -3.53. The van der Waals surface area contributed by atoms with Crippen molar-refractivity contribution in [2.45, 2.75) is 6.42 Å². The van der Waals surface area contributed by atoms with Gasteiger partial charge in [-0.1, -0.05) is 0 Å². The number of anilines is 3. The molecule has 2 aromatic carbocycles. The molecule has 3 amide bonds. The molecule has 0 heterocycles. The fourth-order valence-electron chi connectivity index (χ4n) is 1.88. The van der Waals surface area contributed by atoms with E-state index in [0.29, 0.717) is 22.8 Å². The molecule has 3 N–H and O–H groups in total. The van der Waals surface area contributed by atoms with Crippen molar-refractivity contribution in [2.24, 2.45) is 0 Å². The number of carbonyl (C=O) groups is 2. The van der Waals surface area contributed by atoms with Gasteiger partial charge in [0.1, 0.15) is 12.2 Å². The summed E-state index contributed by atoms with van der Waals surface area (Å²) in [6, 6.07) is 14.9. The summed E-state index contributed by atoms with van der Waals surface area (Å²) in [5, 5.41) is 16.4. The second kappa shape index (κ2) is 8.19. The molecular formula is C17H16N4O3. The molecule has 2 rings (SSSR count). The fraction of sp³-hybridized carbons (Fsp3) is 0.118. The van der Waals surface area contributed by atoms with E-state index in [4.69, 9.17) is 10.00 Å². The van der Waals surface area contributed by atoms with Gasteiger partial charge in [-0.25, -0.2) is 4.79 Å². The Labute approximate surface area is 139 Å². The van der Waals surface area contributed by atoms with E-state index >= 15 is 0 Å². The van der Waals surface area contributed by atoms with E-state index in [1.165, 1.54) is 0 Å². The first-order valence-electron chi connectivity index (χ1n) is 7.09. The van der Waals surface area contributed by atoms with Crippen molar-refractivity contribution in [3.8, 4) is 11.8 Å². The Morgan fingerprint density at radius 2 is 1.38 bits per heavy atom. The van der Waals surface area contributed by atoms with Gasteiger partial charge in [0.25, 0.3) is 0 Å².